The number of allylic oxidation sites excluding steroid dienone is 14. The van der Waals surface area contributed by atoms with Gasteiger partial charge in [0.05, 0.1) is 6.61 Å². The molecule has 5 nitrogen and oxygen atoms in total. The van der Waals surface area contributed by atoms with E-state index in [-0.39, 0.29) is 25.2 Å². The van der Waals surface area contributed by atoms with Crippen LogP contribution in [0, 0.1) is 0 Å². The summed E-state index contributed by atoms with van der Waals surface area (Å²) in [5, 5.41) is 9.65. The standard InChI is InChI=1S/C62H108O5/c1-3-5-7-9-11-13-15-17-19-21-23-25-27-29-31-33-35-37-39-41-43-45-47-49-51-53-55-57-62(65)67-60(58-63)59-66-61(64)56-54-52-50-48-46-44-42-40-38-36-34-32-30-28-26-24-22-20-18-16-14-12-10-8-6-4-2/h5,7,11,13,17,19,23,25,29,31,35,37,41,43,60,63H,3-4,6,8-10,12,14-16,18,20-22,24,26-28,30,32-34,36,38-40,42,44-59H2,1-2H3/b7-5-,13-11-,19-17-,25-23-,31-29-,37-35-,43-41-. The number of carbonyl (C=O) groups is 2. The minimum atomic E-state index is -0.787. The van der Waals surface area contributed by atoms with Crippen molar-refractivity contribution < 1.29 is 24.2 Å². The van der Waals surface area contributed by atoms with Crippen LogP contribution in [-0.4, -0.2) is 36.4 Å². The number of aliphatic hydroxyl groups excluding tert-OH is 1. The second-order valence-corrected chi connectivity index (χ2v) is 19.0. The van der Waals surface area contributed by atoms with E-state index in [0.29, 0.717) is 12.8 Å². The van der Waals surface area contributed by atoms with Crippen LogP contribution >= 0.6 is 0 Å². The maximum absolute atomic E-state index is 12.3. The first-order valence-electron chi connectivity index (χ1n) is 28.6. The molecule has 0 aliphatic carbocycles. The normalized spacial score (nSPS) is 12.8. The summed E-state index contributed by atoms with van der Waals surface area (Å²) in [5.74, 6) is -0.606. The van der Waals surface area contributed by atoms with E-state index >= 15 is 0 Å². The van der Waals surface area contributed by atoms with E-state index in [9.17, 15) is 14.7 Å². The molecule has 1 N–H and O–H groups in total. The molecule has 0 aromatic heterocycles. The van der Waals surface area contributed by atoms with Crippen molar-refractivity contribution in [3.63, 3.8) is 0 Å². The Labute approximate surface area is 416 Å². The first kappa shape index (κ1) is 64.1. The Morgan fingerprint density at radius 2 is 0.642 bits per heavy atom. The van der Waals surface area contributed by atoms with Gasteiger partial charge in [-0.15, -0.1) is 0 Å². The van der Waals surface area contributed by atoms with Gasteiger partial charge in [-0.3, -0.25) is 9.59 Å². The van der Waals surface area contributed by atoms with Crippen LogP contribution in [0.1, 0.15) is 277 Å². The van der Waals surface area contributed by atoms with E-state index in [1.807, 2.05) is 0 Å². The van der Waals surface area contributed by atoms with Crippen molar-refractivity contribution >= 4 is 11.9 Å². The van der Waals surface area contributed by atoms with Crippen LogP contribution in [0.4, 0.5) is 0 Å². The highest BCUT2D eigenvalue weighted by Crippen LogP contribution is 2.17. The van der Waals surface area contributed by atoms with Gasteiger partial charge < -0.3 is 14.6 Å². The maximum atomic E-state index is 12.3. The smallest absolute Gasteiger partial charge is 0.306 e. The van der Waals surface area contributed by atoms with E-state index < -0.39 is 6.10 Å². The number of ether oxygens (including phenoxy) is 2. The number of hydrogen-bond acceptors (Lipinski definition) is 5. The second kappa shape index (κ2) is 57.4. The van der Waals surface area contributed by atoms with Gasteiger partial charge in [0, 0.05) is 12.8 Å². The zero-order chi connectivity index (χ0) is 48.5. The third-order valence-corrected chi connectivity index (χ3v) is 12.5. The lowest BCUT2D eigenvalue weighted by Gasteiger charge is -2.15. The van der Waals surface area contributed by atoms with Gasteiger partial charge in [0.2, 0.25) is 0 Å². The van der Waals surface area contributed by atoms with Gasteiger partial charge in [-0.1, -0.05) is 279 Å². The Morgan fingerprint density at radius 1 is 0.358 bits per heavy atom. The van der Waals surface area contributed by atoms with Crippen molar-refractivity contribution in [2.24, 2.45) is 0 Å². The molecule has 0 rings (SSSR count). The minimum absolute atomic E-state index is 0.0752. The molecule has 67 heavy (non-hydrogen) atoms. The summed E-state index contributed by atoms with van der Waals surface area (Å²) >= 11 is 0. The fourth-order valence-electron chi connectivity index (χ4n) is 8.18. The van der Waals surface area contributed by atoms with E-state index in [2.05, 4.69) is 98.9 Å². The van der Waals surface area contributed by atoms with Crippen molar-refractivity contribution in [1.29, 1.82) is 0 Å². The summed E-state index contributed by atoms with van der Waals surface area (Å²) in [5.41, 5.74) is 0. The van der Waals surface area contributed by atoms with Crippen molar-refractivity contribution in [2.75, 3.05) is 13.2 Å². The minimum Gasteiger partial charge on any atom is -0.462 e. The molecule has 0 saturated carbocycles. The Morgan fingerprint density at radius 3 is 0.970 bits per heavy atom. The van der Waals surface area contributed by atoms with E-state index in [0.717, 1.165) is 103 Å². The van der Waals surface area contributed by atoms with Crippen molar-refractivity contribution in [1.82, 2.24) is 0 Å². The Kier molecular flexibility index (Phi) is 54.9. The molecule has 0 spiro atoms. The molecule has 1 unspecified atom stereocenters. The topological polar surface area (TPSA) is 72.8 Å². The first-order valence-corrected chi connectivity index (χ1v) is 28.6. The predicted octanol–water partition coefficient (Wildman–Crippen LogP) is 19.4. The summed E-state index contributed by atoms with van der Waals surface area (Å²) in [7, 11) is 0. The number of carbonyl (C=O) groups excluding carboxylic acids is 2. The lowest BCUT2D eigenvalue weighted by atomic mass is 10.0. The second-order valence-electron chi connectivity index (χ2n) is 19.0. The number of esters is 2. The molecule has 0 heterocycles. The van der Waals surface area contributed by atoms with E-state index in [1.165, 1.54) is 148 Å². The Hall–Kier alpha value is -2.92. The molecule has 0 aliphatic rings. The van der Waals surface area contributed by atoms with Gasteiger partial charge in [-0.2, -0.15) is 0 Å². The summed E-state index contributed by atoms with van der Waals surface area (Å²) < 4.78 is 10.7. The molecule has 0 bridgehead atoms. The van der Waals surface area contributed by atoms with Crippen LogP contribution < -0.4 is 0 Å². The third kappa shape index (κ3) is 55.6. The molecule has 386 valence electrons. The van der Waals surface area contributed by atoms with Gasteiger partial charge in [-0.25, -0.2) is 0 Å². The Bertz CT molecular complexity index is 1240. The highest BCUT2D eigenvalue weighted by molar-refractivity contribution is 5.70. The lowest BCUT2D eigenvalue weighted by Crippen LogP contribution is -2.28. The predicted molar refractivity (Wildman–Crippen MR) is 293 cm³/mol. The van der Waals surface area contributed by atoms with Crippen molar-refractivity contribution in [3.8, 4) is 0 Å². The molecule has 0 amide bonds. The van der Waals surface area contributed by atoms with Crippen LogP contribution in [0.2, 0.25) is 0 Å². The molecule has 5 heteroatoms. The Balaban J connectivity index is 3.53. The highest BCUT2D eigenvalue weighted by atomic mass is 16.6. The number of hydrogen-bond donors (Lipinski definition) is 1. The summed E-state index contributed by atoms with van der Waals surface area (Å²) in [6.45, 7) is 4.04. The zero-order valence-corrected chi connectivity index (χ0v) is 44.1. The van der Waals surface area contributed by atoms with Crippen molar-refractivity contribution in [2.45, 2.75) is 283 Å². The lowest BCUT2D eigenvalue weighted by molar-refractivity contribution is -0.161. The van der Waals surface area contributed by atoms with Gasteiger partial charge in [0.15, 0.2) is 6.10 Å². The molecule has 0 radical (unpaired) electrons. The quantitative estimate of drug-likeness (QED) is 0.0374. The van der Waals surface area contributed by atoms with E-state index in [4.69, 9.17) is 9.47 Å². The van der Waals surface area contributed by atoms with Crippen LogP contribution in [0.3, 0.4) is 0 Å². The maximum Gasteiger partial charge on any atom is 0.306 e. The van der Waals surface area contributed by atoms with Crippen LogP contribution in [0.15, 0.2) is 85.1 Å². The SMILES string of the molecule is CC/C=C\C/C=C\C/C=C\C/C=C\C/C=C\C/C=C\C/C=C\CCCCCCCC(=O)OC(CO)COC(=O)CCCCCCCCCCCCCCCCCCCCCCCCCCCC. The average Bonchev–Trinajstić information content (AvgIpc) is 3.33. The summed E-state index contributed by atoms with van der Waals surface area (Å²) in [6, 6.07) is 0. The molecule has 0 saturated heterocycles. The zero-order valence-electron chi connectivity index (χ0n) is 44.1. The number of unbranched alkanes of at least 4 members (excludes halogenated alkanes) is 30. The molecule has 0 aliphatic heterocycles. The van der Waals surface area contributed by atoms with Gasteiger partial charge in [-0.05, 0) is 70.6 Å². The van der Waals surface area contributed by atoms with Gasteiger partial charge >= 0.3 is 11.9 Å². The highest BCUT2D eigenvalue weighted by Gasteiger charge is 2.16. The van der Waals surface area contributed by atoms with E-state index in [1.54, 1.807) is 0 Å². The third-order valence-electron chi connectivity index (χ3n) is 12.5. The molecule has 1 atom stereocenters. The summed E-state index contributed by atoms with van der Waals surface area (Å²) in [6.07, 6.45) is 79.9. The van der Waals surface area contributed by atoms with Gasteiger partial charge in [0.25, 0.3) is 0 Å². The number of rotatable bonds is 52. The van der Waals surface area contributed by atoms with Crippen LogP contribution in [0.25, 0.3) is 0 Å². The monoisotopic (exact) mass is 933 g/mol. The fraction of sp³-hybridized carbons (Fsp3) is 0.742. The molecule has 0 aromatic carbocycles. The number of aliphatic hydroxyl groups is 1. The molecular formula is C62H108O5. The molecule has 0 fully saturated rings. The van der Waals surface area contributed by atoms with Crippen molar-refractivity contribution in [3.05, 3.63) is 85.1 Å². The van der Waals surface area contributed by atoms with Crippen LogP contribution in [0.5, 0.6) is 0 Å². The summed E-state index contributed by atoms with van der Waals surface area (Å²) in [4.78, 5) is 24.5. The molecule has 0 aromatic rings. The van der Waals surface area contributed by atoms with Crippen LogP contribution in [-0.2, 0) is 19.1 Å². The first-order chi connectivity index (χ1) is 33.1. The largest absolute Gasteiger partial charge is 0.462 e. The fourth-order valence-corrected chi connectivity index (χ4v) is 8.18. The molecular weight excluding hydrogens is 825 g/mol. The average molecular weight is 934 g/mol. The van der Waals surface area contributed by atoms with Gasteiger partial charge in [0.1, 0.15) is 6.61 Å².